The molecule has 3 rings (SSSR count). The monoisotopic (exact) mass is 508 g/mol. The summed E-state index contributed by atoms with van der Waals surface area (Å²) in [6.45, 7) is -3.66. The summed E-state index contributed by atoms with van der Waals surface area (Å²) in [4.78, 5) is 48.8. The summed E-state index contributed by atoms with van der Waals surface area (Å²) < 4.78 is 29.7. The lowest BCUT2D eigenvalue weighted by atomic mass is 10.1. The number of hydrogen-bond donors (Lipinski definition) is 3. The van der Waals surface area contributed by atoms with Gasteiger partial charge in [0.1, 0.15) is 16.6 Å². The van der Waals surface area contributed by atoms with E-state index in [-0.39, 0.29) is 37.4 Å². The molecule has 1 fully saturated rings. The van der Waals surface area contributed by atoms with Gasteiger partial charge < -0.3 is 20.3 Å². The van der Waals surface area contributed by atoms with Crippen molar-refractivity contribution in [3.8, 4) is 5.75 Å². The number of ether oxygens (including phenoxy) is 1. The molecule has 0 bridgehead atoms. The van der Waals surface area contributed by atoms with Crippen molar-refractivity contribution in [2.24, 2.45) is 0 Å². The molecule has 1 saturated heterocycles. The number of anilines is 1. The maximum absolute atomic E-state index is 12.8. The second-order valence-electron chi connectivity index (χ2n) is 6.60. The van der Waals surface area contributed by atoms with Gasteiger partial charge in [0.15, 0.2) is 0 Å². The summed E-state index contributed by atoms with van der Waals surface area (Å²) in [5, 5.41) is 20.7. The summed E-state index contributed by atoms with van der Waals surface area (Å²) in [5.74, 6) is -4.38. The fraction of sp³-hybridized carbons (Fsp3) is 0.0952. The fourth-order valence-electron chi connectivity index (χ4n) is 2.88. The normalized spacial score (nSPS) is 14.6. The number of para-hydroxylation sites is 1. The van der Waals surface area contributed by atoms with Gasteiger partial charge in [0, 0.05) is 5.56 Å². The van der Waals surface area contributed by atoms with Crippen molar-refractivity contribution in [3.63, 3.8) is 0 Å². The zero-order chi connectivity index (χ0) is 25.0. The molecule has 0 spiro atoms. The third-order valence-electron chi connectivity index (χ3n) is 4.37. The number of carbonyl (C=O) groups excluding carboxylic acids is 2. The number of hydrogen-bond acceptors (Lipinski definition) is 7. The molecule has 2 aromatic carbocycles. The molecule has 1 aliphatic rings. The Balaban J connectivity index is 1.79. The lowest BCUT2D eigenvalue weighted by Gasteiger charge is -2.15. The van der Waals surface area contributed by atoms with Crippen LogP contribution in [0.5, 0.6) is 5.75 Å². The van der Waals surface area contributed by atoms with E-state index in [0.717, 1.165) is 34.9 Å². The van der Waals surface area contributed by atoms with E-state index in [0.29, 0.717) is 0 Å². The number of carboxylic acids is 2. The minimum atomic E-state index is -3.07. The molecule has 0 radical (unpaired) electrons. The molecule has 0 aliphatic carbocycles. The summed E-state index contributed by atoms with van der Waals surface area (Å²) in [6.07, 6.45) is 1.30. The molecule has 0 atom stereocenters. The van der Waals surface area contributed by atoms with Gasteiger partial charge in [-0.1, -0.05) is 42.2 Å². The smallest absolute Gasteiger partial charge is 0.387 e. The van der Waals surface area contributed by atoms with E-state index in [1.807, 2.05) is 0 Å². The van der Waals surface area contributed by atoms with Crippen LogP contribution in [-0.2, 0) is 9.59 Å². The van der Waals surface area contributed by atoms with E-state index in [9.17, 15) is 33.1 Å². The molecule has 3 N–H and O–H groups in total. The minimum absolute atomic E-state index is 0.0106. The number of rotatable bonds is 8. The standard InChI is InChI=1S/C21H14F2N2O7S2/c22-20(23)32-14-4-2-1-3-10(14)8-15-17(27)25(21(33)34-15)9-16(26)24-13-7-11(18(28)29)5-6-12(13)19(30)31/h1-8,20H,9H2,(H,24,26)(H,28,29)(H,30,31)/b15-8-. The van der Waals surface area contributed by atoms with Crippen LogP contribution >= 0.6 is 24.0 Å². The van der Waals surface area contributed by atoms with Crippen LogP contribution in [0.3, 0.4) is 0 Å². The van der Waals surface area contributed by atoms with Crippen molar-refractivity contribution in [1.29, 1.82) is 0 Å². The second-order valence-corrected chi connectivity index (χ2v) is 8.28. The van der Waals surface area contributed by atoms with Gasteiger partial charge in [-0.2, -0.15) is 8.78 Å². The van der Waals surface area contributed by atoms with Crippen LogP contribution in [0.25, 0.3) is 6.08 Å². The second kappa shape index (κ2) is 10.4. The summed E-state index contributed by atoms with van der Waals surface area (Å²) in [6, 6.07) is 8.89. The molecule has 1 heterocycles. The summed E-state index contributed by atoms with van der Waals surface area (Å²) in [7, 11) is 0. The summed E-state index contributed by atoms with van der Waals surface area (Å²) in [5.41, 5.74) is -0.668. The number of alkyl halides is 2. The molecular weight excluding hydrogens is 494 g/mol. The van der Waals surface area contributed by atoms with Crippen molar-refractivity contribution in [2.75, 3.05) is 11.9 Å². The van der Waals surface area contributed by atoms with E-state index >= 15 is 0 Å². The van der Waals surface area contributed by atoms with Crippen LogP contribution in [0, 0.1) is 0 Å². The van der Waals surface area contributed by atoms with Gasteiger partial charge in [-0.15, -0.1) is 0 Å². The van der Waals surface area contributed by atoms with Crippen molar-refractivity contribution < 1.29 is 42.9 Å². The van der Waals surface area contributed by atoms with E-state index in [2.05, 4.69) is 10.1 Å². The van der Waals surface area contributed by atoms with Gasteiger partial charge in [0.25, 0.3) is 5.91 Å². The quantitative estimate of drug-likeness (QED) is 0.362. The highest BCUT2D eigenvalue weighted by Crippen LogP contribution is 2.34. The molecule has 1 aliphatic heterocycles. The Labute approximate surface area is 200 Å². The van der Waals surface area contributed by atoms with E-state index in [1.54, 1.807) is 6.07 Å². The molecule has 2 amide bonds. The Kier molecular flexibility index (Phi) is 7.58. The first-order valence-corrected chi connectivity index (χ1v) is 10.5. The lowest BCUT2D eigenvalue weighted by Crippen LogP contribution is -2.36. The Morgan fingerprint density at radius 3 is 2.50 bits per heavy atom. The molecule has 2 aromatic rings. The first-order valence-electron chi connectivity index (χ1n) is 9.26. The Morgan fingerprint density at radius 1 is 1.15 bits per heavy atom. The number of aromatic carboxylic acids is 2. The number of amides is 2. The molecule has 0 unspecified atom stereocenters. The first-order chi connectivity index (χ1) is 16.1. The largest absolute Gasteiger partial charge is 0.478 e. The predicted molar refractivity (Wildman–Crippen MR) is 122 cm³/mol. The van der Waals surface area contributed by atoms with Gasteiger partial charge in [-0.3, -0.25) is 14.5 Å². The van der Waals surface area contributed by atoms with Crippen molar-refractivity contribution >= 4 is 63.8 Å². The third kappa shape index (κ3) is 5.74. The third-order valence-corrected chi connectivity index (χ3v) is 5.75. The molecule has 9 nitrogen and oxygen atoms in total. The van der Waals surface area contributed by atoms with Gasteiger partial charge in [-0.25, -0.2) is 9.59 Å². The van der Waals surface area contributed by atoms with Gasteiger partial charge in [0.05, 0.1) is 21.7 Å². The number of nitrogens with zero attached hydrogens (tertiary/aromatic N) is 1. The highest BCUT2D eigenvalue weighted by Gasteiger charge is 2.34. The van der Waals surface area contributed by atoms with Crippen LogP contribution in [-0.4, -0.2) is 56.3 Å². The van der Waals surface area contributed by atoms with E-state index in [4.69, 9.17) is 17.3 Å². The topological polar surface area (TPSA) is 133 Å². The number of benzene rings is 2. The Morgan fingerprint density at radius 2 is 1.85 bits per heavy atom. The van der Waals surface area contributed by atoms with Gasteiger partial charge in [0.2, 0.25) is 5.91 Å². The molecular formula is C21H14F2N2O7S2. The van der Waals surface area contributed by atoms with Crippen LogP contribution < -0.4 is 10.1 Å². The molecule has 0 aromatic heterocycles. The lowest BCUT2D eigenvalue weighted by molar-refractivity contribution is -0.126. The van der Waals surface area contributed by atoms with Crippen molar-refractivity contribution in [2.45, 2.75) is 6.61 Å². The average molecular weight is 508 g/mol. The number of thioether (sulfide) groups is 1. The first kappa shape index (κ1) is 24.8. The van der Waals surface area contributed by atoms with Crippen LogP contribution in [0.1, 0.15) is 26.3 Å². The zero-order valence-electron chi connectivity index (χ0n) is 16.9. The van der Waals surface area contributed by atoms with Gasteiger partial charge in [-0.05, 0) is 30.3 Å². The fourth-order valence-corrected chi connectivity index (χ4v) is 4.13. The average Bonchev–Trinajstić information content (AvgIpc) is 3.01. The van der Waals surface area contributed by atoms with Crippen LogP contribution in [0.15, 0.2) is 47.4 Å². The SMILES string of the molecule is O=C(CN1C(=O)/C(=C/c2ccccc2OC(F)F)SC1=S)Nc1cc(C(=O)O)ccc1C(=O)O. The zero-order valence-corrected chi connectivity index (χ0v) is 18.5. The maximum Gasteiger partial charge on any atom is 0.387 e. The molecule has 34 heavy (non-hydrogen) atoms. The Bertz CT molecular complexity index is 1230. The highest BCUT2D eigenvalue weighted by molar-refractivity contribution is 8.26. The van der Waals surface area contributed by atoms with E-state index in [1.165, 1.54) is 24.3 Å². The predicted octanol–water partition coefficient (Wildman–Crippen LogP) is 3.52. The molecule has 13 heteroatoms. The Hall–Kier alpha value is -3.84. The van der Waals surface area contributed by atoms with Crippen LogP contribution in [0.2, 0.25) is 0 Å². The van der Waals surface area contributed by atoms with E-state index < -0.39 is 36.9 Å². The number of carboxylic acid groups (broad SMARTS) is 2. The maximum atomic E-state index is 12.8. The molecule has 0 saturated carbocycles. The number of thiocarbonyl (C=S) groups is 1. The van der Waals surface area contributed by atoms with Crippen LogP contribution in [0.4, 0.5) is 14.5 Å². The number of halogens is 2. The van der Waals surface area contributed by atoms with Crippen molar-refractivity contribution in [1.82, 2.24) is 4.90 Å². The van der Waals surface area contributed by atoms with Gasteiger partial charge >= 0.3 is 18.6 Å². The number of nitrogens with one attached hydrogen (secondary N) is 1. The minimum Gasteiger partial charge on any atom is -0.478 e. The van der Waals surface area contributed by atoms with Crippen molar-refractivity contribution in [3.05, 3.63) is 64.1 Å². The summed E-state index contributed by atoms with van der Waals surface area (Å²) >= 11 is 5.98. The molecule has 176 valence electrons. The number of carbonyl (C=O) groups is 4. The highest BCUT2D eigenvalue weighted by atomic mass is 32.2.